The molecular formula is C23H24N4O2. The molecule has 1 aromatic heterocycles. The third kappa shape index (κ3) is 4.60. The Bertz CT molecular complexity index is 999. The van der Waals surface area contributed by atoms with E-state index in [0.717, 1.165) is 48.7 Å². The lowest BCUT2D eigenvalue weighted by atomic mass is 10.1. The first-order valence-electron chi connectivity index (χ1n) is 9.84. The van der Waals surface area contributed by atoms with Crippen molar-refractivity contribution in [1.29, 1.82) is 0 Å². The number of ketones is 1. The average molecular weight is 388 g/mol. The van der Waals surface area contributed by atoms with Crippen molar-refractivity contribution in [3.63, 3.8) is 0 Å². The molecule has 1 fully saturated rings. The van der Waals surface area contributed by atoms with Gasteiger partial charge in [0.2, 0.25) is 5.95 Å². The zero-order chi connectivity index (χ0) is 20.2. The van der Waals surface area contributed by atoms with Crippen LogP contribution in [0.4, 0.5) is 17.5 Å². The number of Topliss-reactive ketones (excluding diaryl/α,β-unsaturated/α-hetero) is 1. The average Bonchev–Trinajstić information content (AvgIpc) is 2.75. The molecule has 6 heteroatoms. The van der Waals surface area contributed by atoms with Crippen molar-refractivity contribution >= 4 is 23.2 Å². The van der Waals surface area contributed by atoms with Gasteiger partial charge >= 0.3 is 0 Å². The standard InChI is InChI=1S/C23H24N4O2/c1-16(28)18-8-5-9-19(14-18)24-23-25-21(17-6-3-2-4-7-17)15-22(26-23)27-12-10-20(29)11-13-27/h2-9,14-15,20,29H,10-13H2,1H3,(H,24,25,26). The lowest BCUT2D eigenvalue weighted by Crippen LogP contribution is -2.36. The highest BCUT2D eigenvalue weighted by Crippen LogP contribution is 2.27. The minimum atomic E-state index is -0.242. The maximum absolute atomic E-state index is 11.7. The van der Waals surface area contributed by atoms with Gasteiger partial charge in [-0.3, -0.25) is 4.79 Å². The predicted molar refractivity (Wildman–Crippen MR) is 115 cm³/mol. The van der Waals surface area contributed by atoms with E-state index in [9.17, 15) is 9.90 Å². The van der Waals surface area contributed by atoms with Gasteiger partial charge in [-0.05, 0) is 31.9 Å². The molecule has 0 bridgehead atoms. The second kappa shape index (κ2) is 8.41. The van der Waals surface area contributed by atoms with E-state index in [0.29, 0.717) is 11.5 Å². The highest BCUT2D eigenvalue weighted by molar-refractivity contribution is 5.95. The van der Waals surface area contributed by atoms with Gasteiger partial charge in [-0.15, -0.1) is 0 Å². The van der Waals surface area contributed by atoms with E-state index in [4.69, 9.17) is 9.97 Å². The number of aliphatic hydroxyl groups is 1. The van der Waals surface area contributed by atoms with E-state index in [1.807, 2.05) is 48.5 Å². The summed E-state index contributed by atoms with van der Waals surface area (Å²) in [5, 5.41) is 13.1. The van der Waals surface area contributed by atoms with Gasteiger partial charge in [0.1, 0.15) is 5.82 Å². The molecule has 29 heavy (non-hydrogen) atoms. The molecule has 0 spiro atoms. The quantitative estimate of drug-likeness (QED) is 0.642. The van der Waals surface area contributed by atoms with Crippen LogP contribution >= 0.6 is 0 Å². The van der Waals surface area contributed by atoms with Crippen LogP contribution in [0.15, 0.2) is 60.7 Å². The third-order valence-electron chi connectivity index (χ3n) is 5.10. The number of piperidine rings is 1. The number of nitrogens with zero attached hydrogens (tertiary/aromatic N) is 3. The van der Waals surface area contributed by atoms with Crippen molar-refractivity contribution in [1.82, 2.24) is 9.97 Å². The van der Waals surface area contributed by atoms with Crippen LogP contribution in [0.2, 0.25) is 0 Å². The van der Waals surface area contributed by atoms with Crippen LogP contribution in [0.3, 0.4) is 0 Å². The van der Waals surface area contributed by atoms with Crippen LogP contribution in [0.1, 0.15) is 30.1 Å². The third-order valence-corrected chi connectivity index (χ3v) is 5.10. The second-order valence-corrected chi connectivity index (χ2v) is 7.28. The molecule has 0 atom stereocenters. The SMILES string of the molecule is CC(=O)c1cccc(Nc2nc(-c3ccccc3)cc(N3CCC(O)CC3)n2)c1. The van der Waals surface area contributed by atoms with E-state index < -0.39 is 0 Å². The van der Waals surface area contributed by atoms with Gasteiger partial charge in [-0.1, -0.05) is 42.5 Å². The number of anilines is 3. The summed E-state index contributed by atoms with van der Waals surface area (Å²) < 4.78 is 0. The number of hydrogen-bond donors (Lipinski definition) is 2. The van der Waals surface area contributed by atoms with E-state index >= 15 is 0 Å². The summed E-state index contributed by atoms with van der Waals surface area (Å²) in [6, 6.07) is 19.3. The largest absolute Gasteiger partial charge is 0.393 e. The second-order valence-electron chi connectivity index (χ2n) is 7.28. The fourth-order valence-corrected chi connectivity index (χ4v) is 3.45. The highest BCUT2D eigenvalue weighted by atomic mass is 16.3. The van der Waals surface area contributed by atoms with Crippen molar-refractivity contribution < 1.29 is 9.90 Å². The molecule has 0 radical (unpaired) electrons. The number of rotatable bonds is 5. The van der Waals surface area contributed by atoms with Gasteiger partial charge in [0.05, 0.1) is 11.8 Å². The number of benzene rings is 2. The van der Waals surface area contributed by atoms with Crippen LogP contribution in [0.25, 0.3) is 11.3 Å². The highest BCUT2D eigenvalue weighted by Gasteiger charge is 2.20. The van der Waals surface area contributed by atoms with Gasteiger partial charge < -0.3 is 15.3 Å². The normalized spacial score (nSPS) is 14.6. The Hall–Kier alpha value is -3.25. The molecule has 0 amide bonds. The number of carbonyl (C=O) groups excluding carboxylic acids is 1. The molecule has 1 aliphatic heterocycles. The maximum Gasteiger partial charge on any atom is 0.229 e. The summed E-state index contributed by atoms with van der Waals surface area (Å²) in [5.41, 5.74) is 3.24. The molecule has 0 unspecified atom stereocenters. The lowest BCUT2D eigenvalue weighted by Gasteiger charge is -2.30. The Morgan fingerprint density at radius 1 is 1.03 bits per heavy atom. The van der Waals surface area contributed by atoms with Crippen molar-refractivity contribution in [3.05, 3.63) is 66.2 Å². The Balaban J connectivity index is 1.69. The number of nitrogens with one attached hydrogen (secondary N) is 1. The fourth-order valence-electron chi connectivity index (χ4n) is 3.45. The molecule has 4 rings (SSSR count). The van der Waals surface area contributed by atoms with Crippen molar-refractivity contribution in [2.45, 2.75) is 25.9 Å². The molecule has 2 aromatic carbocycles. The van der Waals surface area contributed by atoms with Crippen molar-refractivity contribution in [2.75, 3.05) is 23.3 Å². The smallest absolute Gasteiger partial charge is 0.229 e. The molecular weight excluding hydrogens is 364 g/mol. The van der Waals surface area contributed by atoms with Gasteiger partial charge in [-0.2, -0.15) is 4.98 Å². The van der Waals surface area contributed by atoms with Crippen molar-refractivity contribution in [3.8, 4) is 11.3 Å². The zero-order valence-corrected chi connectivity index (χ0v) is 16.4. The first-order chi connectivity index (χ1) is 14.1. The Kier molecular flexibility index (Phi) is 5.53. The Morgan fingerprint density at radius 2 is 1.79 bits per heavy atom. The Labute approximate surface area is 170 Å². The molecule has 1 saturated heterocycles. The van der Waals surface area contributed by atoms with Gasteiger partial charge in [0, 0.05) is 36.0 Å². The van der Waals surface area contributed by atoms with Crippen LogP contribution in [-0.4, -0.2) is 40.1 Å². The van der Waals surface area contributed by atoms with E-state index in [-0.39, 0.29) is 11.9 Å². The molecule has 6 nitrogen and oxygen atoms in total. The molecule has 2 N–H and O–H groups in total. The minimum Gasteiger partial charge on any atom is -0.393 e. The first-order valence-corrected chi connectivity index (χ1v) is 9.84. The number of hydrogen-bond acceptors (Lipinski definition) is 6. The molecule has 148 valence electrons. The Morgan fingerprint density at radius 3 is 2.52 bits per heavy atom. The molecule has 3 aromatic rings. The topological polar surface area (TPSA) is 78.4 Å². The number of aliphatic hydroxyl groups excluding tert-OH is 1. The summed E-state index contributed by atoms with van der Waals surface area (Å²) in [4.78, 5) is 23.3. The number of carbonyl (C=O) groups is 1. The van der Waals surface area contributed by atoms with Gasteiger partial charge in [0.15, 0.2) is 5.78 Å². The molecule has 1 aliphatic rings. The monoisotopic (exact) mass is 388 g/mol. The van der Waals surface area contributed by atoms with E-state index in [1.165, 1.54) is 0 Å². The van der Waals surface area contributed by atoms with Crippen LogP contribution in [0, 0.1) is 0 Å². The van der Waals surface area contributed by atoms with E-state index in [1.54, 1.807) is 19.1 Å². The maximum atomic E-state index is 11.7. The molecule has 0 saturated carbocycles. The van der Waals surface area contributed by atoms with E-state index in [2.05, 4.69) is 10.2 Å². The summed E-state index contributed by atoms with van der Waals surface area (Å²) >= 11 is 0. The van der Waals surface area contributed by atoms with Gasteiger partial charge in [0.25, 0.3) is 0 Å². The van der Waals surface area contributed by atoms with Crippen LogP contribution in [0.5, 0.6) is 0 Å². The summed E-state index contributed by atoms with van der Waals surface area (Å²) in [7, 11) is 0. The van der Waals surface area contributed by atoms with Crippen LogP contribution in [-0.2, 0) is 0 Å². The molecule has 2 heterocycles. The zero-order valence-electron chi connectivity index (χ0n) is 16.4. The predicted octanol–water partition coefficient (Wildman–Crippen LogP) is 4.05. The number of aromatic nitrogens is 2. The van der Waals surface area contributed by atoms with Gasteiger partial charge in [-0.25, -0.2) is 4.98 Å². The fraction of sp³-hybridized carbons (Fsp3) is 0.261. The first kappa shape index (κ1) is 19.1. The summed E-state index contributed by atoms with van der Waals surface area (Å²) in [6.07, 6.45) is 1.22. The summed E-state index contributed by atoms with van der Waals surface area (Å²) in [5.74, 6) is 1.32. The lowest BCUT2D eigenvalue weighted by molar-refractivity contribution is 0.101. The van der Waals surface area contributed by atoms with Crippen molar-refractivity contribution in [2.24, 2.45) is 0 Å². The summed E-state index contributed by atoms with van der Waals surface area (Å²) in [6.45, 7) is 3.06. The minimum absolute atomic E-state index is 0.0140. The van der Waals surface area contributed by atoms with Crippen LogP contribution < -0.4 is 10.2 Å². The molecule has 0 aliphatic carbocycles.